The molecule has 0 spiro atoms. The molecule has 1 aromatic rings. The standard InChI is InChI=1S/C12H18BrClN4/c1-3-18-6-4-9(5-7-18)17(2)12-10(13)11(14)15-8-16-12/h8-9H,3-7H2,1-2H3. The van der Waals surface area contributed by atoms with Crippen LogP contribution in [0.15, 0.2) is 10.8 Å². The maximum absolute atomic E-state index is 6.01. The number of piperidine rings is 1. The molecule has 1 aliphatic rings. The molecule has 1 saturated heterocycles. The molecule has 1 fully saturated rings. The molecular formula is C12H18BrClN4. The molecule has 0 amide bonds. The second kappa shape index (κ2) is 6.17. The number of rotatable bonds is 3. The molecule has 0 N–H and O–H groups in total. The lowest BCUT2D eigenvalue weighted by Gasteiger charge is -2.37. The highest BCUT2D eigenvalue weighted by Gasteiger charge is 2.24. The van der Waals surface area contributed by atoms with Crippen LogP contribution in [-0.4, -0.2) is 47.6 Å². The van der Waals surface area contributed by atoms with Gasteiger partial charge in [0.2, 0.25) is 0 Å². The minimum absolute atomic E-state index is 0.470. The van der Waals surface area contributed by atoms with Crippen LogP contribution >= 0.6 is 27.5 Å². The Hall–Kier alpha value is -0.390. The van der Waals surface area contributed by atoms with Crippen molar-refractivity contribution in [2.24, 2.45) is 0 Å². The minimum Gasteiger partial charge on any atom is -0.356 e. The Morgan fingerprint density at radius 3 is 2.72 bits per heavy atom. The topological polar surface area (TPSA) is 32.3 Å². The first-order valence-electron chi connectivity index (χ1n) is 6.24. The van der Waals surface area contributed by atoms with E-state index in [1.807, 2.05) is 0 Å². The van der Waals surface area contributed by atoms with Gasteiger partial charge in [-0.2, -0.15) is 0 Å². The summed E-state index contributed by atoms with van der Waals surface area (Å²) in [6.07, 6.45) is 3.84. The van der Waals surface area contributed by atoms with Crippen LogP contribution < -0.4 is 4.90 Å². The van der Waals surface area contributed by atoms with Gasteiger partial charge in [-0.1, -0.05) is 18.5 Å². The van der Waals surface area contributed by atoms with Crippen LogP contribution in [0.1, 0.15) is 19.8 Å². The smallest absolute Gasteiger partial charge is 0.148 e. The van der Waals surface area contributed by atoms with Gasteiger partial charge in [0, 0.05) is 26.2 Å². The van der Waals surface area contributed by atoms with Crippen LogP contribution in [0.5, 0.6) is 0 Å². The molecule has 100 valence electrons. The van der Waals surface area contributed by atoms with Crippen molar-refractivity contribution in [1.29, 1.82) is 0 Å². The maximum Gasteiger partial charge on any atom is 0.148 e. The first-order chi connectivity index (χ1) is 8.63. The van der Waals surface area contributed by atoms with Gasteiger partial charge in [-0.3, -0.25) is 0 Å². The van der Waals surface area contributed by atoms with Crippen molar-refractivity contribution in [2.75, 3.05) is 31.6 Å². The van der Waals surface area contributed by atoms with Gasteiger partial charge in [-0.15, -0.1) is 0 Å². The molecule has 0 radical (unpaired) electrons. The highest BCUT2D eigenvalue weighted by Crippen LogP contribution is 2.31. The van der Waals surface area contributed by atoms with Gasteiger partial charge in [0.05, 0.1) is 4.47 Å². The minimum atomic E-state index is 0.470. The molecule has 18 heavy (non-hydrogen) atoms. The Balaban J connectivity index is 2.08. The predicted octanol–water partition coefficient (Wildman–Crippen LogP) is 2.81. The van der Waals surface area contributed by atoms with Gasteiger partial charge in [-0.05, 0) is 35.3 Å². The van der Waals surface area contributed by atoms with Crippen molar-refractivity contribution in [3.63, 3.8) is 0 Å². The van der Waals surface area contributed by atoms with E-state index < -0.39 is 0 Å². The SMILES string of the molecule is CCN1CCC(N(C)c2ncnc(Cl)c2Br)CC1. The number of nitrogens with zero attached hydrogens (tertiary/aromatic N) is 4. The van der Waals surface area contributed by atoms with Crippen LogP contribution in [0, 0.1) is 0 Å². The van der Waals surface area contributed by atoms with Crippen molar-refractivity contribution in [3.05, 3.63) is 16.0 Å². The van der Waals surface area contributed by atoms with Crippen molar-refractivity contribution in [1.82, 2.24) is 14.9 Å². The van der Waals surface area contributed by atoms with E-state index in [9.17, 15) is 0 Å². The lowest BCUT2D eigenvalue weighted by Crippen LogP contribution is -2.43. The number of hydrogen-bond acceptors (Lipinski definition) is 4. The fourth-order valence-electron chi connectivity index (χ4n) is 2.38. The van der Waals surface area contributed by atoms with Crippen molar-refractivity contribution >= 4 is 33.3 Å². The van der Waals surface area contributed by atoms with Gasteiger partial charge in [0.25, 0.3) is 0 Å². The lowest BCUT2D eigenvalue weighted by atomic mass is 10.0. The average Bonchev–Trinajstić information content (AvgIpc) is 2.41. The third-order valence-corrected chi connectivity index (χ3v) is 4.86. The maximum atomic E-state index is 6.01. The first-order valence-corrected chi connectivity index (χ1v) is 7.41. The molecule has 6 heteroatoms. The molecule has 4 nitrogen and oxygen atoms in total. The highest BCUT2D eigenvalue weighted by molar-refractivity contribution is 9.10. The molecule has 1 aromatic heterocycles. The average molecular weight is 334 g/mol. The Morgan fingerprint density at radius 2 is 2.11 bits per heavy atom. The first kappa shape index (κ1) is 14.0. The molecule has 1 aliphatic heterocycles. The summed E-state index contributed by atoms with van der Waals surface area (Å²) in [6.45, 7) is 5.66. The normalized spacial score (nSPS) is 18.0. The molecule has 2 rings (SSSR count). The molecule has 0 aliphatic carbocycles. The summed E-state index contributed by atoms with van der Waals surface area (Å²) in [7, 11) is 2.08. The van der Waals surface area contributed by atoms with Crippen LogP contribution in [-0.2, 0) is 0 Å². The Bertz CT molecular complexity index is 407. The second-order valence-corrected chi connectivity index (χ2v) is 5.73. The third kappa shape index (κ3) is 2.95. The Labute approximate surface area is 121 Å². The molecule has 0 atom stereocenters. The van der Waals surface area contributed by atoms with Crippen LogP contribution in [0.4, 0.5) is 5.82 Å². The lowest BCUT2D eigenvalue weighted by molar-refractivity contribution is 0.220. The molecule has 0 bridgehead atoms. The quantitative estimate of drug-likeness (QED) is 0.796. The Kier molecular flexibility index (Phi) is 4.81. The zero-order chi connectivity index (χ0) is 13.1. The summed E-state index contributed by atoms with van der Waals surface area (Å²) < 4.78 is 0.784. The largest absolute Gasteiger partial charge is 0.356 e. The molecular weight excluding hydrogens is 316 g/mol. The number of halogens is 2. The van der Waals surface area contributed by atoms with E-state index in [-0.39, 0.29) is 0 Å². The fraction of sp³-hybridized carbons (Fsp3) is 0.667. The number of likely N-dealkylation sites (tertiary alicyclic amines) is 1. The Morgan fingerprint density at radius 1 is 1.44 bits per heavy atom. The third-order valence-electron chi connectivity index (χ3n) is 3.61. The summed E-state index contributed by atoms with van der Waals surface area (Å²) in [5, 5.41) is 0.470. The summed E-state index contributed by atoms with van der Waals surface area (Å²) in [6, 6.07) is 0.523. The second-order valence-electron chi connectivity index (χ2n) is 4.58. The van der Waals surface area contributed by atoms with Crippen molar-refractivity contribution in [3.8, 4) is 0 Å². The molecule has 0 aromatic carbocycles. The highest BCUT2D eigenvalue weighted by atomic mass is 79.9. The van der Waals surface area contributed by atoms with E-state index in [1.165, 1.54) is 19.2 Å². The summed E-state index contributed by atoms with van der Waals surface area (Å²) in [4.78, 5) is 13.0. The monoisotopic (exact) mass is 332 g/mol. The van der Waals surface area contributed by atoms with E-state index in [2.05, 4.69) is 49.7 Å². The van der Waals surface area contributed by atoms with Crippen LogP contribution in [0.25, 0.3) is 0 Å². The van der Waals surface area contributed by atoms with Crippen LogP contribution in [0.2, 0.25) is 5.15 Å². The number of hydrogen-bond donors (Lipinski definition) is 0. The van der Waals surface area contributed by atoms with Gasteiger partial charge in [-0.25, -0.2) is 9.97 Å². The zero-order valence-corrected chi connectivity index (χ0v) is 13.1. The summed E-state index contributed by atoms with van der Waals surface area (Å²) in [5.41, 5.74) is 0. The summed E-state index contributed by atoms with van der Waals surface area (Å²) in [5.74, 6) is 0.880. The van der Waals surface area contributed by atoms with E-state index >= 15 is 0 Å². The molecule has 0 unspecified atom stereocenters. The van der Waals surface area contributed by atoms with E-state index in [4.69, 9.17) is 11.6 Å². The van der Waals surface area contributed by atoms with Crippen molar-refractivity contribution in [2.45, 2.75) is 25.8 Å². The number of anilines is 1. The van der Waals surface area contributed by atoms with E-state index in [1.54, 1.807) is 0 Å². The predicted molar refractivity (Wildman–Crippen MR) is 78.3 cm³/mol. The van der Waals surface area contributed by atoms with Gasteiger partial charge >= 0.3 is 0 Å². The molecule has 2 heterocycles. The van der Waals surface area contributed by atoms with Gasteiger partial charge < -0.3 is 9.80 Å². The fourth-order valence-corrected chi connectivity index (χ4v) is 2.99. The van der Waals surface area contributed by atoms with Crippen LogP contribution in [0.3, 0.4) is 0 Å². The zero-order valence-electron chi connectivity index (χ0n) is 10.7. The molecule has 0 saturated carbocycles. The van der Waals surface area contributed by atoms with Gasteiger partial charge in [0.15, 0.2) is 0 Å². The van der Waals surface area contributed by atoms with Gasteiger partial charge in [0.1, 0.15) is 17.3 Å². The van der Waals surface area contributed by atoms with Crippen molar-refractivity contribution < 1.29 is 0 Å². The van der Waals surface area contributed by atoms with E-state index in [0.717, 1.165) is 29.9 Å². The van der Waals surface area contributed by atoms with E-state index in [0.29, 0.717) is 11.2 Å². The summed E-state index contributed by atoms with van der Waals surface area (Å²) >= 11 is 9.47. The number of aromatic nitrogens is 2.